The van der Waals surface area contributed by atoms with Gasteiger partial charge >= 0.3 is 0 Å². The highest BCUT2D eigenvalue weighted by Crippen LogP contribution is 2.21. The monoisotopic (exact) mass is 333 g/mol. The first-order valence-electron chi connectivity index (χ1n) is 7.72. The first-order valence-corrected chi connectivity index (χ1v) is 8.10. The Kier molecular flexibility index (Phi) is 5.78. The summed E-state index contributed by atoms with van der Waals surface area (Å²) in [7, 11) is 0. The predicted molar refractivity (Wildman–Crippen MR) is 92.3 cm³/mol. The van der Waals surface area contributed by atoms with Gasteiger partial charge in [-0.05, 0) is 42.5 Å². The molecule has 23 heavy (non-hydrogen) atoms. The Morgan fingerprint density at radius 1 is 1.13 bits per heavy atom. The molecule has 0 aromatic heterocycles. The van der Waals surface area contributed by atoms with Crippen LogP contribution in [-0.2, 0) is 6.42 Å². The number of benzene rings is 2. The summed E-state index contributed by atoms with van der Waals surface area (Å²) in [4.78, 5) is 12.2. The Morgan fingerprint density at radius 2 is 1.78 bits per heavy atom. The molecular weight excluding hydrogens is 313 g/mol. The lowest BCUT2D eigenvalue weighted by molar-refractivity contribution is 0.0936. The molecule has 122 valence electrons. The van der Waals surface area contributed by atoms with Gasteiger partial charge in [0.05, 0.1) is 16.6 Å². The summed E-state index contributed by atoms with van der Waals surface area (Å²) < 4.78 is 13.8. The van der Waals surface area contributed by atoms with Gasteiger partial charge in [-0.25, -0.2) is 4.39 Å². The van der Waals surface area contributed by atoms with Gasteiger partial charge in [0.15, 0.2) is 0 Å². The molecule has 0 bridgehead atoms. The van der Waals surface area contributed by atoms with E-state index in [0.717, 1.165) is 12.0 Å². The van der Waals surface area contributed by atoms with Crippen molar-refractivity contribution in [3.63, 3.8) is 0 Å². The van der Waals surface area contributed by atoms with Crippen molar-refractivity contribution in [2.24, 2.45) is 5.92 Å². The maximum atomic E-state index is 13.8. The van der Waals surface area contributed by atoms with Crippen LogP contribution in [0.25, 0.3) is 0 Å². The van der Waals surface area contributed by atoms with E-state index in [4.69, 9.17) is 11.6 Å². The zero-order chi connectivity index (χ0) is 17.0. The van der Waals surface area contributed by atoms with Gasteiger partial charge in [0.25, 0.3) is 5.91 Å². The highest BCUT2D eigenvalue weighted by Gasteiger charge is 2.18. The molecule has 0 aliphatic carbocycles. The number of carbonyl (C=O) groups is 1. The normalized spacial score (nSPS) is 12.3. The van der Waals surface area contributed by atoms with Crippen molar-refractivity contribution in [1.29, 1.82) is 0 Å². The van der Waals surface area contributed by atoms with Crippen molar-refractivity contribution < 1.29 is 9.18 Å². The summed E-state index contributed by atoms with van der Waals surface area (Å²) in [6.07, 6.45) is 1.02. The second-order valence-corrected chi connectivity index (χ2v) is 6.54. The molecule has 0 aliphatic rings. The molecule has 1 amide bonds. The molecule has 0 saturated heterocycles. The average Bonchev–Trinajstić information content (AvgIpc) is 2.47. The van der Waals surface area contributed by atoms with E-state index in [0.29, 0.717) is 5.92 Å². The Balaban J connectivity index is 2.09. The second-order valence-electron chi connectivity index (χ2n) is 6.13. The van der Waals surface area contributed by atoms with Gasteiger partial charge in [0.1, 0.15) is 5.82 Å². The van der Waals surface area contributed by atoms with Crippen molar-refractivity contribution in [3.8, 4) is 0 Å². The molecule has 0 fully saturated rings. The van der Waals surface area contributed by atoms with Gasteiger partial charge in [-0.2, -0.15) is 0 Å². The number of rotatable bonds is 5. The minimum atomic E-state index is -0.616. The van der Waals surface area contributed by atoms with Gasteiger partial charge in [-0.3, -0.25) is 4.79 Å². The number of amides is 1. The first kappa shape index (κ1) is 17.5. The average molecular weight is 334 g/mol. The Morgan fingerprint density at radius 3 is 2.35 bits per heavy atom. The lowest BCUT2D eigenvalue weighted by Crippen LogP contribution is -2.27. The summed E-state index contributed by atoms with van der Waals surface area (Å²) in [6, 6.07) is 12.1. The van der Waals surface area contributed by atoms with Crippen LogP contribution in [0.1, 0.15) is 48.3 Å². The van der Waals surface area contributed by atoms with E-state index in [1.54, 1.807) is 0 Å². The van der Waals surface area contributed by atoms with E-state index in [1.165, 1.54) is 23.8 Å². The third kappa shape index (κ3) is 4.55. The highest BCUT2D eigenvalue weighted by atomic mass is 35.5. The van der Waals surface area contributed by atoms with Gasteiger partial charge in [0, 0.05) is 0 Å². The standard InChI is InChI=1S/C19H21ClFNO/c1-12(2)11-14-7-9-15(10-8-14)13(3)22-19(23)18-16(20)5-4-6-17(18)21/h4-10,12-13H,11H2,1-3H3,(H,22,23). The van der Waals surface area contributed by atoms with Crippen LogP contribution < -0.4 is 5.32 Å². The summed E-state index contributed by atoms with van der Waals surface area (Å²) in [5, 5.41) is 2.90. The highest BCUT2D eigenvalue weighted by molar-refractivity contribution is 6.33. The van der Waals surface area contributed by atoms with Gasteiger partial charge in [0.2, 0.25) is 0 Å². The number of hydrogen-bond donors (Lipinski definition) is 1. The minimum absolute atomic E-state index is 0.113. The van der Waals surface area contributed by atoms with Crippen molar-refractivity contribution in [2.75, 3.05) is 0 Å². The van der Waals surface area contributed by atoms with E-state index in [9.17, 15) is 9.18 Å². The van der Waals surface area contributed by atoms with Crippen LogP contribution in [0.3, 0.4) is 0 Å². The van der Waals surface area contributed by atoms with Crippen molar-refractivity contribution in [2.45, 2.75) is 33.2 Å². The quantitative estimate of drug-likeness (QED) is 0.803. The lowest BCUT2D eigenvalue weighted by Gasteiger charge is -2.16. The Hall–Kier alpha value is -1.87. The van der Waals surface area contributed by atoms with Crippen LogP contribution in [0.15, 0.2) is 42.5 Å². The zero-order valence-corrected chi connectivity index (χ0v) is 14.3. The van der Waals surface area contributed by atoms with Crippen LogP contribution in [0.4, 0.5) is 4.39 Å². The van der Waals surface area contributed by atoms with Crippen LogP contribution >= 0.6 is 11.6 Å². The molecule has 1 unspecified atom stereocenters. The first-order chi connectivity index (χ1) is 10.9. The third-order valence-electron chi connectivity index (χ3n) is 3.66. The number of hydrogen-bond acceptors (Lipinski definition) is 1. The molecule has 1 N–H and O–H groups in total. The molecule has 2 rings (SSSR count). The van der Waals surface area contributed by atoms with Crippen molar-refractivity contribution >= 4 is 17.5 Å². The van der Waals surface area contributed by atoms with Gasteiger partial charge < -0.3 is 5.32 Å². The van der Waals surface area contributed by atoms with Crippen LogP contribution in [-0.4, -0.2) is 5.91 Å². The molecule has 1 atom stereocenters. The Labute approximate surface area is 141 Å². The summed E-state index contributed by atoms with van der Waals surface area (Å²) in [5.41, 5.74) is 2.12. The van der Waals surface area contributed by atoms with E-state index >= 15 is 0 Å². The predicted octanol–water partition coefficient (Wildman–Crippen LogP) is 5.17. The SMILES string of the molecule is CC(C)Cc1ccc(C(C)NC(=O)c2c(F)cccc2Cl)cc1. The minimum Gasteiger partial charge on any atom is -0.345 e. The molecule has 0 heterocycles. The van der Waals surface area contributed by atoms with Crippen LogP contribution in [0, 0.1) is 11.7 Å². The van der Waals surface area contributed by atoms with E-state index < -0.39 is 11.7 Å². The third-order valence-corrected chi connectivity index (χ3v) is 3.98. The smallest absolute Gasteiger partial charge is 0.256 e. The largest absolute Gasteiger partial charge is 0.345 e. The number of carbonyl (C=O) groups excluding carboxylic acids is 1. The summed E-state index contributed by atoms with van der Waals surface area (Å²) in [6.45, 7) is 6.22. The molecule has 2 aromatic carbocycles. The molecule has 0 aliphatic heterocycles. The topological polar surface area (TPSA) is 29.1 Å². The fourth-order valence-electron chi connectivity index (χ4n) is 2.48. The van der Waals surface area contributed by atoms with E-state index in [2.05, 4.69) is 31.3 Å². The summed E-state index contributed by atoms with van der Waals surface area (Å²) in [5.74, 6) is -0.525. The molecule has 2 nitrogen and oxygen atoms in total. The molecule has 0 radical (unpaired) electrons. The second kappa shape index (κ2) is 7.60. The fraction of sp³-hybridized carbons (Fsp3) is 0.316. The summed E-state index contributed by atoms with van der Waals surface area (Å²) >= 11 is 5.92. The maximum Gasteiger partial charge on any atom is 0.256 e. The van der Waals surface area contributed by atoms with Gasteiger partial charge in [-0.1, -0.05) is 55.8 Å². The Bertz CT molecular complexity index is 662. The zero-order valence-electron chi connectivity index (χ0n) is 13.6. The fourth-order valence-corrected chi connectivity index (χ4v) is 2.73. The van der Waals surface area contributed by atoms with Crippen molar-refractivity contribution in [3.05, 3.63) is 70.0 Å². The van der Waals surface area contributed by atoms with E-state index in [1.807, 2.05) is 19.1 Å². The van der Waals surface area contributed by atoms with E-state index in [-0.39, 0.29) is 16.6 Å². The van der Waals surface area contributed by atoms with Crippen LogP contribution in [0.2, 0.25) is 5.02 Å². The lowest BCUT2D eigenvalue weighted by atomic mass is 10.00. The molecule has 0 spiro atoms. The molecule has 2 aromatic rings. The molecular formula is C19H21ClFNO. The van der Waals surface area contributed by atoms with Crippen molar-refractivity contribution in [1.82, 2.24) is 5.32 Å². The molecule has 0 saturated carbocycles. The number of halogens is 2. The molecule has 4 heteroatoms. The van der Waals surface area contributed by atoms with Gasteiger partial charge in [-0.15, -0.1) is 0 Å². The maximum absolute atomic E-state index is 13.8. The van der Waals surface area contributed by atoms with Crippen LogP contribution in [0.5, 0.6) is 0 Å². The number of nitrogens with one attached hydrogen (secondary N) is 1.